The van der Waals surface area contributed by atoms with Crippen LogP contribution in [0.25, 0.3) is 0 Å². The van der Waals surface area contributed by atoms with Gasteiger partial charge in [0.25, 0.3) is 0 Å². The van der Waals surface area contributed by atoms with Gasteiger partial charge in [0.15, 0.2) is 6.10 Å². The summed E-state index contributed by atoms with van der Waals surface area (Å²) in [6, 6.07) is 4.77. The number of carboxylic acids is 1. The van der Waals surface area contributed by atoms with Crippen LogP contribution < -0.4 is 4.74 Å². The van der Waals surface area contributed by atoms with Gasteiger partial charge in [0.2, 0.25) is 0 Å². The highest BCUT2D eigenvalue weighted by Crippen LogP contribution is 2.30. The Morgan fingerprint density at radius 1 is 1.50 bits per heavy atom. The maximum Gasteiger partial charge on any atom is 0.344 e. The van der Waals surface area contributed by atoms with E-state index < -0.39 is 12.1 Å². The molecule has 1 aliphatic rings. The third-order valence-electron chi connectivity index (χ3n) is 2.27. The van der Waals surface area contributed by atoms with Crippen LogP contribution >= 0.6 is 0 Å². The molecule has 1 atom stereocenters. The van der Waals surface area contributed by atoms with Gasteiger partial charge in [0.1, 0.15) is 11.5 Å². The molecule has 0 amide bonds. The van der Waals surface area contributed by atoms with Crippen molar-refractivity contribution >= 4 is 5.97 Å². The summed E-state index contributed by atoms with van der Waals surface area (Å²) in [5.41, 5.74) is 0.945. The van der Waals surface area contributed by atoms with Gasteiger partial charge in [0.05, 0.1) is 0 Å². The molecule has 0 saturated carbocycles. The van der Waals surface area contributed by atoms with E-state index in [-0.39, 0.29) is 5.75 Å². The number of aryl methyl sites for hydroxylation is 1. The van der Waals surface area contributed by atoms with Crippen LogP contribution in [0.15, 0.2) is 18.2 Å². The zero-order valence-electron chi connectivity index (χ0n) is 7.43. The molecule has 0 unspecified atom stereocenters. The number of hydrogen-bond acceptors (Lipinski definition) is 3. The van der Waals surface area contributed by atoms with Crippen LogP contribution in [0, 0.1) is 0 Å². The fourth-order valence-corrected chi connectivity index (χ4v) is 1.53. The fourth-order valence-electron chi connectivity index (χ4n) is 1.53. The number of carboxylic acid groups (broad SMARTS) is 1. The van der Waals surface area contributed by atoms with Crippen LogP contribution in [0.2, 0.25) is 0 Å². The fraction of sp³-hybridized carbons (Fsp3) is 0.300. The number of aromatic hydroxyl groups is 1. The van der Waals surface area contributed by atoms with Crippen molar-refractivity contribution in [3.63, 3.8) is 0 Å². The van der Waals surface area contributed by atoms with Crippen molar-refractivity contribution in [2.24, 2.45) is 0 Å². The number of hydrogen-bond donors (Lipinski definition) is 2. The Morgan fingerprint density at radius 2 is 2.29 bits per heavy atom. The maximum atomic E-state index is 10.7. The van der Waals surface area contributed by atoms with Crippen LogP contribution in [0.4, 0.5) is 0 Å². The van der Waals surface area contributed by atoms with E-state index >= 15 is 0 Å². The SMILES string of the molecule is O=C(O)[C@@H]1CCc2ccc(O)cc2O1. The van der Waals surface area contributed by atoms with Gasteiger partial charge in [-0.1, -0.05) is 6.07 Å². The molecule has 0 radical (unpaired) electrons. The number of rotatable bonds is 1. The number of ether oxygens (including phenoxy) is 1. The maximum absolute atomic E-state index is 10.7. The summed E-state index contributed by atoms with van der Waals surface area (Å²) in [5, 5.41) is 17.9. The van der Waals surface area contributed by atoms with E-state index in [1.807, 2.05) is 0 Å². The lowest BCUT2D eigenvalue weighted by Crippen LogP contribution is -2.30. The predicted octanol–water partition coefficient (Wildman–Crippen LogP) is 1.17. The van der Waals surface area contributed by atoms with Crippen molar-refractivity contribution in [3.05, 3.63) is 23.8 Å². The summed E-state index contributed by atoms with van der Waals surface area (Å²) < 4.78 is 5.21. The lowest BCUT2D eigenvalue weighted by molar-refractivity contribution is -0.145. The molecule has 0 saturated heterocycles. The summed E-state index contributed by atoms with van der Waals surface area (Å²) in [6.45, 7) is 0. The summed E-state index contributed by atoms with van der Waals surface area (Å²) in [4.78, 5) is 10.7. The summed E-state index contributed by atoms with van der Waals surface area (Å²) in [5.74, 6) is -0.391. The molecule has 2 rings (SSSR count). The summed E-state index contributed by atoms with van der Waals surface area (Å²) >= 11 is 0. The Balaban J connectivity index is 2.29. The molecule has 14 heavy (non-hydrogen) atoms. The van der Waals surface area contributed by atoms with E-state index in [2.05, 4.69) is 0 Å². The molecular weight excluding hydrogens is 184 g/mol. The second-order valence-corrected chi connectivity index (χ2v) is 3.28. The van der Waals surface area contributed by atoms with Gasteiger partial charge in [0, 0.05) is 6.07 Å². The molecule has 0 fully saturated rings. The number of phenolic OH excluding ortho intramolecular Hbond substituents is 1. The molecule has 0 spiro atoms. The predicted molar refractivity (Wildman–Crippen MR) is 48.5 cm³/mol. The van der Waals surface area contributed by atoms with E-state index in [1.165, 1.54) is 6.07 Å². The number of benzene rings is 1. The lowest BCUT2D eigenvalue weighted by atomic mass is 10.0. The van der Waals surface area contributed by atoms with Gasteiger partial charge in [-0.25, -0.2) is 4.79 Å². The van der Waals surface area contributed by atoms with Crippen molar-refractivity contribution in [3.8, 4) is 11.5 Å². The normalized spacial score (nSPS) is 19.6. The van der Waals surface area contributed by atoms with E-state index in [4.69, 9.17) is 9.84 Å². The smallest absolute Gasteiger partial charge is 0.344 e. The number of aliphatic carboxylic acids is 1. The van der Waals surface area contributed by atoms with Crippen molar-refractivity contribution in [2.75, 3.05) is 0 Å². The number of fused-ring (bicyclic) bond motifs is 1. The van der Waals surface area contributed by atoms with Crippen molar-refractivity contribution in [1.82, 2.24) is 0 Å². The molecule has 4 nitrogen and oxygen atoms in total. The number of phenols is 1. The van der Waals surface area contributed by atoms with Crippen LogP contribution in [0.3, 0.4) is 0 Å². The van der Waals surface area contributed by atoms with Crippen LogP contribution in [-0.4, -0.2) is 22.3 Å². The molecule has 0 bridgehead atoms. The first-order valence-corrected chi connectivity index (χ1v) is 4.38. The van der Waals surface area contributed by atoms with Crippen LogP contribution in [0.5, 0.6) is 11.5 Å². The van der Waals surface area contributed by atoms with Gasteiger partial charge >= 0.3 is 5.97 Å². The molecule has 0 aromatic heterocycles. The number of carbonyl (C=O) groups is 1. The summed E-state index contributed by atoms with van der Waals surface area (Å²) in [7, 11) is 0. The monoisotopic (exact) mass is 194 g/mol. The largest absolute Gasteiger partial charge is 0.508 e. The Bertz CT molecular complexity index is 372. The van der Waals surface area contributed by atoms with E-state index in [9.17, 15) is 9.90 Å². The van der Waals surface area contributed by atoms with Crippen LogP contribution in [-0.2, 0) is 11.2 Å². The van der Waals surface area contributed by atoms with E-state index in [1.54, 1.807) is 12.1 Å². The minimum absolute atomic E-state index is 0.0924. The van der Waals surface area contributed by atoms with Crippen molar-refractivity contribution in [1.29, 1.82) is 0 Å². The average Bonchev–Trinajstić information content (AvgIpc) is 2.16. The Labute approximate surface area is 80.7 Å². The topological polar surface area (TPSA) is 66.8 Å². The minimum atomic E-state index is -0.959. The first-order chi connectivity index (χ1) is 6.66. The Hall–Kier alpha value is -1.71. The van der Waals surface area contributed by atoms with Crippen LogP contribution in [0.1, 0.15) is 12.0 Å². The molecule has 2 N–H and O–H groups in total. The van der Waals surface area contributed by atoms with E-state index in [0.717, 1.165) is 5.56 Å². The lowest BCUT2D eigenvalue weighted by Gasteiger charge is -2.22. The van der Waals surface area contributed by atoms with Gasteiger partial charge < -0.3 is 14.9 Å². The van der Waals surface area contributed by atoms with Gasteiger partial charge in [-0.2, -0.15) is 0 Å². The highest BCUT2D eigenvalue weighted by molar-refractivity contribution is 5.73. The van der Waals surface area contributed by atoms with Crippen molar-refractivity contribution < 1.29 is 19.7 Å². The third-order valence-corrected chi connectivity index (χ3v) is 2.27. The summed E-state index contributed by atoms with van der Waals surface area (Å²) in [6.07, 6.45) is 0.365. The van der Waals surface area contributed by atoms with E-state index in [0.29, 0.717) is 18.6 Å². The zero-order chi connectivity index (χ0) is 10.1. The van der Waals surface area contributed by atoms with Gasteiger partial charge in [-0.15, -0.1) is 0 Å². The highest BCUT2D eigenvalue weighted by atomic mass is 16.5. The second-order valence-electron chi connectivity index (χ2n) is 3.28. The molecule has 1 aromatic carbocycles. The quantitative estimate of drug-likeness (QED) is 0.704. The molecule has 0 aliphatic carbocycles. The zero-order valence-corrected chi connectivity index (χ0v) is 7.43. The molecule has 1 aromatic rings. The molecule has 1 aliphatic heterocycles. The molecule has 4 heteroatoms. The Kier molecular flexibility index (Phi) is 2.04. The molecule has 1 heterocycles. The van der Waals surface area contributed by atoms with Gasteiger partial charge in [-0.3, -0.25) is 0 Å². The average molecular weight is 194 g/mol. The van der Waals surface area contributed by atoms with Crippen molar-refractivity contribution in [2.45, 2.75) is 18.9 Å². The first-order valence-electron chi connectivity index (χ1n) is 4.38. The third kappa shape index (κ3) is 1.51. The first kappa shape index (κ1) is 8.87. The molecule has 74 valence electrons. The van der Waals surface area contributed by atoms with Gasteiger partial charge in [-0.05, 0) is 24.5 Å². The Morgan fingerprint density at radius 3 is 3.00 bits per heavy atom. The standard InChI is InChI=1S/C10H10O4/c11-7-3-1-6-2-4-8(10(12)13)14-9(6)5-7/h1,3,5,8,11H,2,4H2,(H,12,13)/t8-/m0/s1. The molecular formula is C10H10O4. The minimum Gasteiger partial charge on any atom is -0.508 e. The second kappa shape index (κ2) is 3.21. The highest BCUT2D eigenvalue weighted by Gasteiger charge is 2.25.